The molecule has 0 aliphatic carbocycles. The van der Waals surface area contributed by atoms with Gasteiger partial charge in [0.2, 0.25) is 11.8 Å². The molecule has 26 heavy (non-hydrogen) atoms. The molecule has 0 bridgehead atoms. The van der Waals surface area contributed by atoms with Gasteiger partial charge in [0, 0.05) is 32.1 Å². The molecule has 0 unspecified atom stereocenters. The van der Waals surface area contributed by atoms with Crippen LogP contribution in [-0.4, -0.2) is 37.0 Å². The topological polar surface area (TPSA) is 58.6 Å². The van der Waals surface area contributed by atoms with Crippen LogP contribution in [0.15, 0.2) is 54.6 Å². The first kappa shape index (κ1) is 19.9. The molecule has 1 atom stereocenters. The lowest BCUT2D eigenvalue weighted by molar-refractivity contribution is -0.140. The van der Waals surface area contributed by atoms with E-state index in [1.54, 1.807) is 24.1 Å². The minimum absolute atomic E-state index is 0.185. The van der Waals surface area contributed by atoms with Crippen LogP contribution in [0.2, 0.25) is 5.02 Å². The molecule has 1 N–H and O–H groups in total. The van der Waals surface area contributed by atoms with E-state index < -0.39 is 6.04 Å². The first-order chi connectivity index (χ1) is 12.5. The number of nitrogens with one attached hydrogen (secondary N) is 1. The van der Waals surface area contributed by atoms with Crippen LogP contribution < -0.4 is 5.32 Å². The summed E-state index contributed by atoms with van der Waals surface area (Å²) < 4.78 is 4.98. The van der Waals surface area contributed by atoms with E-state index in [0.717, 1.165) is 11.1 Å². The quantitative estimate of drug-likeness (QED) is 0.722. The Labute approximate surface area is 158 Å². The lowest BCUT2D eigenvalue weighted by atomic mass is 10.0. The van der Waals surface area contributed by atoms with Crippen molar-refractivity contribution in [3.05, 3.63) is 70.7 Å². The highest BCUT2D eigenvalue weighted by Gasteiger charge is 2.29. The van der Waals surface area contributed by atoms with Gasteiger partial charge < -0.3 is 15.0 Å². The van der Waals surface area contributed by atoms with Crippen molar-refractivity contribution in [2.24, 2.45) is 0 Å². The smallest absolute Gasteiger partial charge is 0.247 e. The van der Waals surface area contributed by atoms with Crippen LogP contribution in [0.4, 0.5) is 0 Å². The molecule has 2 aromatic carbocycles. The number of hydrogen-bond donors (Lipinski definition) is 1. The summed E-state index contributed by atoms with van der Waals surface area (Å²) in [6.45, 7) is 2.56. The maximum absolute atomic E-state index is 12.8. The minimum Gasteiger partial charge on any atom is -0.383 e. The van der Waals surface area contributed by atoms with E-state index in [0.29, 0.717) is 24.7 Å². The van der Waals surface area contributed by atoms with E-state index in [1.165, 1.54) is 6.92 Å². The number of rotatable bonds is 8. The Kier molecular flexibility index (Phi) is 7.63. The van der Waals surface area contributed by atoms with Crippen molar-refractivity contribution in [1.29, 1.82) is 0 Å². The zero-order valence-electron chi connectivity index (χ0n) is 14.9. The van der Waals surface area contributed by atoms with Crippen LogP contribution in [0.5, 0.6) is 0 Å². The number of amides is 2. The SMILES string of the molecule is COCCNC(=O)[C@H](c1ccccc1)N(Cc1ccc(Cl)cc1)C(C)=O. The average molecular weight is 375 g/mol. The van der Waals surface area contributed by atoms with Gasteiger partial charge in [-0.15, -0.1) is 0 Å². The molecule has 2 aromatic rings. The molecule has 0 heterocycles. The second-order valence-corrected chi connectivity index (χ2v) is 6.31. The lowest BCUT2D eigenvalue weighted by Crippen LogP contribution is -2.43. The third-order valence-corrected chi connectivity index (χ3v) is 4.20. The molecule has 5 nitrogen and oxygen atoms in total. The van der Waals surface area contributed by atoms with Crippen LogP contribution in [0.3, 0.4) is 0 Å². The second-order valence-electron chi connectivity index (χ2n) is 5.87. The molecule has 6 heteroatoms. The second kappa shape index (κ2) is 9.94. The molecule has 2 amide bonds. The summed E-state index contributed by atoms with van der Waals surface area (Å²) in [7, 11) is 1.57. The van der Waals surface area contributed by atoms with E-state index in [-0.39, 0.29) is 11.8 Å². The molecular weight excluding hydrogens is 352 g/mol. The summed E-state index contributed by atoms with van der Waals surface area (Å²) in [4.78, 5) is 26.7. The third-order valence-electron chi connectivity index (χ3n) is 3.95. The number of halogens is 1. The van der Waals surface area contributed by atoms with Gasteiger partial charge in [-0.05, 0) is 23.3 Å². The van der Waals surface area contributed by atoms with Crippen LogP contribution >= 0.6 is 11.6 Å². The van der Waals surface area contributed by atoms with E-state index in [4.69, 9.17) is 16.3 Å². The van der Waals surface area contributed by atoms with Gasteiger partial charge in [-0.25, -0.2) is 0 Å². The normalized spacial score (nSPS) is 11.7. The molecule has 0 aliphatic rings. The third kappa shape index (κ3) is 5.58. The monoisotopic (exact) mass is 374 g/mol. The fourth-order valence-electron chi connectivity index (χ4n) is 2.65. The van der Waals surface area contributed by atoms with Gasteiger partial charge in [0.25, 0.3) is 0 Å². The van der Waals surface area contributed by atoms with Crippen molar-refractivity contribution in [1.82, 2.24) is 10.2 Å². The predicted molar refractivity (Wildman–Crippen MR) is 102 cm³/mol. The van der Waals surface area contributed by atoms with Crippen molar-refractivity contribution in [3.8, 4) is 0 Å². The van der Waals surface area contributed by atoms with Gasteiger partial charge in [-0.1, -0.05) is 54.1 Å². The van der Waals surface area contributed by atoms with E-state index in [1.807, 2.05) is 42.5 Å². The van der Waals surface area contributed by atoms with Gasteiger partial charge in [-0.3, -0.25) is 9.59 Å². The molecule has 2 rings (SSSR count). The maximum atomic E-state index is 12.8. The Balaban J connectivity index is 2.30. The van der Waals surface area contributed by atoms with Crippen LogP contribution in [0.25, 0.3) is 0 Å². The highest BCUT2D eigenvalue weighted by atomic mass is 35.5. The molecule has 0 saturated heterocycles. The first-order valence-electron chi connectivity index (χ1n) is 8.36. The zero-order chi connectivity index (χ0) is 18.9. The van der Waals surface area contributed by atoms with Gasteiger partial charge >= 0.3 is 0 Å². The molecule has 0 saturated carbocycles. The summed E-state index contributed by atoms with van der Waals surface area (Å²) in [6, 6.07) is 15.8. The maximum Gasteiger partial charge on any atom is 0.247 e. The van der Waals surface area contributed by atoms with Crippen molar-refractivity contribution < 1.29 is 14.3 Å². The standard InChI is InChI=1S/C20H23ClN2O3/c1-15(24)23(14-16-8-10-18(21)11-9-16)19(17-6-4-3-5-7-17)20(25)22-12-13-26-2/h3-11,19H,12-14H2,1-2H3,(H,22,25)/t19-/m0/s1. The van der Waals surface area contributed by atoms with Crippen LogP contribution in [-0.2, 0) is 20.9 Å². The first-order valence-corrected chi connectivity index (χ1v) is 8.74. The molecule has 0 aliphatic heterocycles. The molecule has 0 fully saturated rings. The van der Waals surface area contributed by atoms with Crippen molar-refractivity contribution >= 4 is 23.4 Å². The summed E-state index contributed by atoms with van der Waals surface area (Å²) in [6.07, 6.45) is 0. The van der Waals surface area contributed by atoms with Gasteiger partial charge in [0.1, 0.15) is 6.04 Å². The van der Waals surface area contributed by atoms with Crippen LogP contribution in [0, 0.1) is 0 Å². The molecule has 138 valence electrons. The van der Waals surface area contributed by atoms with Gasteiger partial charge in [-0.2, -0.15) is 0 Å². The average Bonchev–Trinajstić information content (AvgIpc) is 2.64. The number of carbonyl (C=O) groups excluding carboxylic acids is 2. The van der Waals surface area contributed by atoms with Crippen LogP contribution in [0.1, 0.15) is 24.1 Å². The number of hydrogen-bond acceptors (Lipinski definition) is 3. The fourth-order valence-corrected chi connectivity index (χ4v) is 2.78. The Morgan fingerprint density at radius 3 is 2.35 bits per heavy atom. The minimum atomic E-state index is -0.721. The summed E-state index contributed by atoms with van der Waals surface area (Å²) in [5.74, 6) is -0.423. The number of methoxy groups -OCH3 is 1. The number of ether oxygens (including phenoxy) is 1. The zero-order valence-corrected chi connectivity index (χ0v) is 15.7. The van der Waals surface area contributed by atoms with E-state index in [2.05, 4.69) is 5.32 Å². The number of carbonyl (C=O) groups is 2. The Bertz CT molecular complexity index is 720. The number of nitrogens with zero attached hydrogens (tertiary/aromatic N) is 1. The lowest BCUT2D eigenvalue weighted by Gasteiger charge is -2.30. The van der Waals surface area contributed by atoms with E-state index in [9.17, 15) is 9.59 Å². The fraction of sp³-hybridized carbons (Fsp3) is 0.300. The molecule has 0 aromatic heterocycles. The highest BCUT2D eigenvalue weighted by Crippen LogP contribution is 2.24. The molecular formula is C20H23ClN2O3. The Morgan fingerprint density at radius 1 is 1.12 bits per heavy atom. The van der Waals surface area contributed by atoms with Crippen molar-refractivity contribution in [2.45, 2.75) is 19.5 Å². The van der Waals surface area contributed by atoms with Gasteiger partial charge in [0.15, 0.2) is 0 Å². The Morgan fingerprint density at radius 2 is 1.77 bits per heavy atom. The largest absolute Gasteiger partial charge is 0.383 e. The summed E-state index contributed by atoms with van der Waals surface area (Å²) in [5, 5.41) is 3.46. The highest BCUT2D eigenvalue weighted by molar-refractivity contribution is 6.30. The number of benzene rings is 2. The van der Waals surface area contributed by atoms with Crippen molar-refractivity contribution in [2.75, 3.05) is 20.3 Å². The Hall–Kier alpha value is -2.37. The molecule has 0 radical (unpaired) electrons. The predicted octanol–water partition coefficient (Wildman–Crippen LogP) is 3.19. The van der Waals surface area contributed by atoms with Crippen molar-refractivity contribution in [3.63, 3.8) is 0 Å². The van der Waals surface area contributed by atoms with E-state index >= 15 is 0 Å². The summed E-state index contributed by atoms with van der Waals surface area (Å²) in [5.41, 5.74) is 1.65. The van der Waals surface area contributed by atoms with Gasteiger partial charge in [0.05, 0.1) is 6.61 Å². The summed E-state index contributed by atoms with van der Waals surface area (Å²) >= 11 is 5.93. The molecule has 0 spiro atoms.